The number of carbonyl (C=O) groups is 1. The van der Waals surface area contributed by atoms with Crippen LogP contribution in [0.5, 0.6) is 0 Å². The molecule has 0 aromatic heterocycles. The van der Waals surface area contributed by atoms with Crippen LogP contribution >= 0.6 is 0 Å². The van der Waals surface area contributed by atoms with Gasteiger partial charge in [0.15, 0.2) is 0 Å². The van der Waals surface area contributed by atoms with Gasteiger partial charge in [0.2, 0.25) is 0 Å². The number of likely N-dealkylation sites (N-methyl/N-ethyl adjacent to an activating group) is 1. The third-order valence-corrected chi connectivity index (χ3v) is 2.02. The van der Waals surface area contributed by atoms with Gasteiger partial charge in [-0.3, -0.25) is 14.5 Å². The van der Waals surface area contributed by atoms with Gasteiger partial charge in [0.25, 0.3) is 5.91 Å². The van der Waals surface area contributed by atoms with Crippen molar-refractivity contribution in [3.63, 3.8) is 0 Å². The monoisotopic (exact) mass is 188 g/mol. The van der Waals surface area contributed by atoms with E-state index in [4.69, 9.17) is 9.57 Å². The summed E-state index contributed by atoms with van der Waals surface area (Å²) in [7, 11) is 1.90. The van der Waals surface area contributed by atoms with Gasteiger partial charge in [-0.2, -0.15) is 0 Å². The Morgan fingerprint density at radius 1 is 1.77 bits per heavy atom. The molecule has 1 unspecified atom stereocenters. The first-order valence-electron chi connectivity index (χ1n) is 4.45. The van der Waals surface area contributed by atoms with Gasteiger partial charge < -0.3 is 4.74 Å². The Kier molecular flexibility index (Phi) is 4.14. The molecule has 1 fully saturated rings. The molecular weight excluding hydrogens is 172 g/mol. The number of ether oxygens (including phenoxy) is 1. The number of rotatable bonds is 3. The molecule has 5 nitrogen and oxygen atoms in total. The number of amides is 1. The number of hydroxylamine groups is 1. The molecule has 0 radical (unpaired) electrons. The molecule has 76 valence electrons. The van der Waals surface area contributed by atoms with E-state index in [9.17, 15) is 4.79 Å². The van der Waals surface area contributed by atoms with Gasteiger partial charge in [0.1, 0.15) is 6.04 Å². The van der Waals surface area contributed by atoms with Crippen LogP contribution in [0.15, 0.2) is 0 Å². The molecule has 0 aromatic carbocycles. The van der Waals surface area contributed by atoms with Crippen molar-refractivity contribution in [3.05, 3.63) is 0 Å². The molecule has 0 aliphatic carbocycles. The highest BCUT2D eigenvalue weighted by atomic mass is 16.6. The highest BCUT2D eigenvalue weighted by molar-refractivity contribution is 5.80. The molecule has 1 atom stereocenters. The average Bonchev–Trinajstić information content (AvgIpc) is 2.15. The summed E-state index contributed by atoms with van der Waals surface area (Å²) in [6, 6.07) is -0.222. The Morgan fingerprint density at radius 2 is 2.54 bits per heavy atom. The van der Waals surface area contributed by atoms with E-state index in [1.54, 1.807) is 0 Å². The van der Waals surface area contributed by atoms with Gasteiger partial charge in [0, 0.05) is 6.54 Å². The van der Waals surface area contributed by atoms with Crippen LogP contribution in [-0.4, -0.2) is 50.3 Å². The largest absolute Gasteiger partial charge is 0.378 e. The summed E-state index contributed by atoms with van der Waals surface area (Å²) in [4.78, 5) is 18.2. The highest BCUT2D eigenvalue weighted by Gasteiger charge is 2.26. The molecule has 1 aliphatic rings. The van der Waals surface area contributed by atoms with Crippen LogP contribution in [0.3, 0.4) is 0 Å². The van der Waals surface area contributed by atoms with Crippen molar-refractivity contribution in [2.75, 3.05) is 33.4 Å². The minimum Gasteiger partial charge on any atom is -0.378 e. The third kappa shape index (κ3) is 2.95. The number of hydrogen-bond donors (Lipinski definition) is 1. The van der Waals surface area contributed by atoms with Crippen LogP contribution in [0, 0.1) is 0 Å². The summed E-state index contributed by atoms with van der Waals surface area (Å²) < 4.78 is 5.20. The fourth-order valence-electron chi connectivity index (χ4n) is 1.17. The summed E-state index contributed by atoms with van der Waals surface area (Å²) in [5, 5.41) is 0. The molecule has 1 saturated heterocycles. The summed E-state index contributed by atoms with van der Waals surface area (Å²) >= 11 is 0. The Bertz CT molecular complexity index is 175. The second-order valence-electron chi connectivity index (χ2n) is 2.97. The number of hydrogen-bond acceptors (Lipinski definition) is 4. The van der Waals surface area contributed by atoms with Crippen LogP contribution in [0.25, 0.3) is 0 Å². The topological polar surface area (TPSA) is 50.8 Å². The normalized spacial score (nSPS) is 24.3. The molecule has 13 heavy (non-hydrogen) atoms. The van der Waals surface area contributed by atoms with Crippen molar-refractivity contribution in [1.82, 2.24) is 10.4 Å². The number of morpholine rings is 1. The van der Waals surface area contributed by atoms with E-state index in [0.717, 1.165) is 6.54 Å². The molecule has 0 saturated carbocycles. The first-order valence-corrected chi connectivity index (χ1v) is 4.45. The maximum Gasteiger partial charge on any atom is 0.263 e. The Hall–Kier alpha value is -0.650. The van der Waals surface area contributed by atoms with Crippen molar-refractivity contribution < 1.29 is 14.4 Å². The van der Waals surface area contributed by atoms with E-state index >= 15 is 0 Å². The molecular formula is C8H16N2O3. The van der Waals surface area contributed by atoms with Crippen LogP contribution < -0.4 is 5.48 Å². The Morgan fingerprint density at radius 3 is 3.15 bits per heavy atom. The van der Waals surface area contributed by atoms with E-state index in [1.807, 2.05) is 18.9 Å². The van der Waals surface area contributed by atoms with E-state index in [1.165, 1.54) is 0 Å². The zero-order chi connectivity index (χ0) is 9.68. The molecule has 0 spiro atoms. The number of carbonyl (C=O) groups excluding carboxylic acids is 1. The smallest absolute Gasteiger partial charge is 0.263 e. The maximum atomic E-state index is 11.4. The molecule has 0 bridgehead atoms. The second kappa shape index (κ2) is 5.16. The van der Waals surface area contributed by atoms with Gasteiger partial charge in [-0.05, 0) is 14.0 Å². The van der Waals surface area contributed by atoms with Crippen molar-refractivity contribution in [1.29, 1.82) is 0 Å². The average molecular weight is 188 g/mol. The predicted octanol–water partition coefficient (Wildman–Crippen LogP) is -0.615. The lowest BCUT2D eigenvalue weighted by Crippen LogP contribution is -2.51. The molecule has 5 heteroatoms. The van der Waals surface area contributed by atoms with Gasteiger partial charge in [-0.1, -0.05) is 0 Å². The van der Waals surface area contributed by atoms with Gasteiger partial charge in [-0.25, -0.2) is 5.48 Å². The Labute approximate surface area is 77.9 Å². The zero-order valence-electron chi connectivity index (χ0n) is 8.08. The van der Waals surface area contributed by atoms with Gasteiger partial charge in [-0.15, -0.1) is 0 Å². The Balaban J connectivity index is 2.35. The fraction of sp³-hybridized carbons (Fsp3) is 0.875. The number of nitrogens with zero attached hydrogens (tertiary/aromatic N) is 1. The maximum absolute atomic E-state index is 11.4. The van der Waals surface area contributed by atoms with Crippen molar-refractivity contribution in [2.45, 2.75) is 13.0 Å². The SMILES string of the molecule is CCONC(=O)C1COCCN1C. The molecule has 0 aromatic rings. The lowest BCUT2D eigenvalue weighted by atomic mass is 10.2. The standard InChI is InChI=1S/C8H16N2O3/c1-3-13-9-8(11)7-6-12-5-4-10(7)2/h7H,3-6H2,1-2H3,(H,9,11). The van der Waals surface area contributed by atoms with Crippen LogP contribution in [0.2, 0.25) is 0 Å². The predicted molar refractivity (Wildman–Crippen MR) is 47.0 cm³/mol. The summed E-state index contributed by atoms with van der Waals surface area (Å²) in [5.74, 6) is -0.135. The minimum absolute atomic E-state index is 0.135. The first-order chi connectivity index (χ1) is 6.25. The molecule has 1 N–H and O–H groups in total. The van der Waals surface area contributed by atoms with Crippen molar-refractivity contribution in [2.24, 2.45) is 0 Å². The molecule has 1 heterocycles. The second-order valence-corrected chi connectivity index (χ2v) is 2.97. The molecule has 1 rings (SSSR count). The van der Waals surface area contributed by atoms with Crippen LogP contribution in [0.4, 0.5) is 0 Å². The fourth-order valence-corrected chi connectivity index (χ4v) is 1.17. The minimum atomic E-state index is -0.222. The van der Waals surface area contributed by atoms with Gasteiger partial charge >= 0.3 is 0 Å². The van der Waals surface area contributed by atoms with E-state index in [-0.39, 0.29) is 11.9 Å². The van der Waals surface area contributed by atoms with E-state index in [2.05, 4.69) is 5.48 Å². The summed E-state index contributed by atoms with van der Waals surface area (Å²) in [6.45, 7) is 4.21. The first kappa shape index (κ1) is 10.4. The molecule has 1 amide bonds. The lowest BCUT2D eigenvalue weighted by Gasteiger charge is -2.30. The number of nitrogens with one attached hydrogen (secondary N) is 1. The van der Waals surface area contributed by atoms with E-state index < -0.39 is 0 Å². The quantitative estimate of drug-likeness (QED) is 0.600. The zero-order valence-corrected chi connectivity index (χ0v) is 8.08. The van der Waals surface area contributed by atoms with Crippen molar-refractivity contribution in [3.8, 4) is 0 Å². The van der Waals surface area contributed by atoms with Crippen LogP contribution in [-0.2, 0) is 14.4 Å². The summed E-state index contributed by atoms with van der Waals surface area (Å²) in [6.07, 6.45) is 0. The highest BCUT2D eigenvalue weighted by Crippen LogP contribution is 2.03. The van der Waals surface area contributed by atoms with E-state index in [0.29, 0.717) is 19.8 Å². The van der Waals surface area contributed by atoms with Gasteiger partial charge in [0.05, 0.1) is 19.8 Å². The van der Waals surface area contributed by atoms with Crippen LogP contribution in [0.1, 0.15) is 6.92 Å². The lowest BCUT2D eigenvalue weighted by molar-refractivity contribution is -0.143. The third-order valence-electron chi connectivity index (χ3n) is 2.02. The molecule has 1 aliphatic heterocycles. The van der Waals surface area contributed by atoms with Crippen molar-refractivity contribution >= 4 is 5.91 Å². The summed E-state index contributed by atoms with van der Waals surface area (Å²) in [5.41, 5.74) is 2.37.